The van der Waals surface area contributed by atoms with Crippen LogP contribution in [0, 0.1) is 6.92 Å². The first-order chi connectivity index (χ1) is 9.15. The lowest BCUT2D eigenvalue weighted by molar-refractivity contribution is -0.138. The molecule has 2 rings (SSSR count). The molecular weight excluding hydrogens is 244 g/mol. The second kappa shape index (κ2) is 7.68. The molecule has 2 heterocycles. The molecule has 19 heavy (non-hydrogen) atoms. The number of nitrogens with zero attached hydrogens (tertiary/aromatic N) is 4. The molecule has 0 spiro atoms. The number of piperazine rings is 1. The van der Waals surface area contributed by atoms with Crippen molar-refractivity contribution >= 4 is 11.9 Å². The lowest BCUT2D eigenvalue weighted by Crippen LogP contribution is -2.48. The molecule has 0 aliphatic carbocycles. The van der Waals surface area contributed by atoms with Gasteiger partial charge in [-0.1, -0.05) is 13.8 Å². The average molecular weight is 266 g/mol. The maximum atomic E-state index is 10.6. The van der Waals surface area contributed by atoms with Crippen molar-refractivity contribution in [3.8, 4) is 0 Å². The van der Waals surface area contributed by atoms with Crippen LogP contribution in [0.5, 0.6) is 0 Å². The molecule has 0 aromatic carbocycles. The van der Waals surface area contributed by atoms with Crippen molar-refractivity contribution < 1.29 is 9.90 Å². The molecule has 1 aliphatic rings. The van der Waals surface area contributed by atoms with E-state index in [1.165, 1.54) is 0 Å². The Kier molecular flexibility index (Phi) is 6.21. The monoisotopic (exact) mass is 266 g/mol. The number of carbonyl (C=O) groups is 1. The molecular formula is C13H22N4O2. The van der Waals surface area contributed by atoms with Gasteiger partial charge in [-0.2, -0.15) is 0 Å². The van der Waals surface area contributed by atoms with Gasteiger partial charge in [-0.25, -0.2) is 9.97 Å². The number of aromatic nitrogens is 2. The number of carboxylic acid groups (broad SMARTS) is 1. The summed E-state index contributed by atoms with van der Waals surface area (Å²) in [6.45, 7) is 9.09. The summed E-state index contributed by atoms with van der Waals surface area (Å²) in [6.07, 6.45) is 3.60. The number of aliphatic carboxylic acids is 1. The normalized spacial score (nSPS) is 15.6. The fraction of sp³-hybridized carbons (Fsp3) is 0.615. The van der Waals surface area contributed by atoms with Gasteiger partial charge in [0, 0.05) is 38.6 Å². The largest absolute Gasteiger partial charge is 0.480 e. The van der Waals surface area contributed by atoms with Gasteiger partial charge in [-0.05, 0) is 12.5 Å². The molecule has 1 aliphatic heterocycles. The summed E-state index contributed by atoms with van der Waals surface area (Å²) in [5.41, 5.74) is 1.04. The summed E-state index contributed by atoms with van der Waals surface area (Å²) < 4.78 is 0. The van der Waals surface area contributed by atoms with Crippen molar-refractivity contribution in [3.63, 3.8) is 0 Å². The molecule has 1 fully saturated rings. The van der Waals surface area contributed by atoms with Crippen LogP contribution in [0.1, 0.15) is 19.4 Å². The highest BCUT2D eigenvalue weighted by Gasteiger charge is 2.19. The van der Waals surface area contributed by atoms with E-state index in [2.05, 4.69) is 14.9 Å². The second-order valence-corrected chi connectivity index (χ2v) is 4.22. The Labute approximate surface area is 114 Å². The third kappa shape index (κ3) is 4.82. The number of anilines is 1. The number of carboxylic acids is 1. The third-order valence-corrected chi connectivity index (χ3v) is 2.78. The zero-order chi connectivity index (χ0) is 14.3. The van der Waals surface area contributed by atoms with E-state index in [0.29, 0.717) is 0 Å². The average Bonchev–Trinajstić information content (AvgIpc) is 2.42. The third-order valence-electron chi connectivity index (χ3n) is 2.78. The van der Waals surface area contributed by atoms with Crippen LogP contribution < -0.4 is 4.90 Å². The van der Waals surface area contributed by atoms with E-state index in [4.69, 9.17) is 5.11 Å². The molecule has 1 aromatic heterocycles. The predicted molar refractivity (Wildman–Crippen MR) is 74.4 cm³/mol. The minimum absolute atomic E-state index is 0.114. The van der Waals surface area contributed by atoms with Crippen LogP contribution in [-0.2, 0) is 4.79 Å². The van der Waals surface area contributed by atoms with Crippen LogP contribution in [0.4, 0.5) is 5.95 Å². The van der Waals surface area contributed by atoms with E-state index in [1.54, 1.807) is 12.4 Å². The number of aryl methyl sites for hydroxylation is 1. The van der Waals surface area contributed by atoms with Gasteiger partial charge in [0.2, 0.25) is 5.95 Å². The zero-order valence-corrected chi connectivity index (χ0v) is 11.8. The molecule has 0 amide bonds. The lowest BCUT2D eigenvalue weighted by atomic mass is 10.3. The Morgan fingerprint density at radius 3 is 2.21 bits per heavy atom. The molecule has 0 unspecified atom stereocenters. The van der Waals surface area contributed by atoms with Crippen LogP contribution in [0.2, 0.25) is 0 Å². The van der Waals surface area contributed by atoms with Gasteiger partial charge in [0.05, 0.1) is 6.54 Å². The van der Waals surface area contributed by atoms with Crippen molar-refractivity contribution in [2.75, 3.05) is 37.6 Å². The fourth-order valence-electron chi connectivity index (χ4n) is 1.85. The van der Waals surface area contributed by atoms with E-state index in [0.717, 1.165) is 37.7 Å². The topological polar surface area (TPSA) is 69.6 Å². The second-order valence-electron chi connectivity index (χ2n) is 4.22. The van der Waals surface area contributed by atoms with Crippen molar-refractivity contribution in [3.05, 3.63) is 18.0 Å². The Hall–Kier alpha value is -1.69. The highest BCUT2D eigenvalue weighted by molar-refractivity contribution is 5.69. The molecule has 0 saturated carbocycles. The summed E-state index contributed by atoms with van der Waals surface area (Å²) in [5, 5.41) is 8.70. The molecule has 1 N–H and O–H groups in total. The smallest absolute Gasteiger partial charge is 0.317 e. The van der Waals surface area contributed by atoms with Crippen molar-refractivity contribution in [1.29, 1.82) is 0 Å². The van der Waals surface area contributed by atoms with Gasteiger partial charge >= 0.3 is 5.97 Å². The van der Waals surface area contributed by atoms with Gasteiger partial charge in [0.1, 0.15) is 0 Å². The molecule has 1 saturated heterocycles. The van der Waals surface area contributed by atoms with E-state index in [9.17, 15) is 4.79 Å². The Morgan fingerprint density at radius 2 is 1.74 bits per heavy atom. The van der Waals surface area contributed by atoms with Crippen molar-refractivity contribution in [2.24, 2.45) is 0 Å². The quantitative estimate of drug-likeness (QED) is 0.881. The first-order valence-corrected chi connectivity index (χ1v) is 6.63. The highest BCUT2D eigenvalue weighted by Crippen LogP contribution is 2.10. The van der Waals surface area contributed by atoms with E-state index < -0.39 is 5.97 Å². The van der Waals surface area contributed by atoms with Crippen LogP contribution in [0.15, 0.2) is 12.4 Å². The highest BCUT2D eigenvalue weighted by atomic mass is 16.4. The van der Waals surface area contributed by atoms with Gasteiger partial charge < -0.3 is 10.0 Å². The number of hydrogen-bond donors (Lipinski definition) is 1. The number of hydrogen-bond acceptors (Lipinski definition) is 5. The predicted octanol–water partition coefficient (Wildman–Crippen LogP) is 1.02. The molecule has 0 radical (unpaired) electrons. The van der Waals surface area contributed by atoms with Crippen LogP contribution >= 0.6 is 0 Å². The van der Waals surface area contributed by atoms with Gasteiger partial charge in [0.25, 0.3) is 0 Å². The summed E-state index contributed by atoms with van der Waals surface area (Å²) in [6, 6.07) is 0. The molecule has 6 heteroatoms. The Balaban J connectivity index is 0.000000861. The molecule has 0 atom stereocenters. The van der Waals surface area contributed by atoms with E-state index >= 15 is 0 Å². The van der Waals surface area contributed by atoms with Crippen LogP contribution in [0.3, 0.4) is 0 Å². The number of rotatable bonds is 3. The fourth-order valence-corrected chi connectivity index (χ4v) is 1.85. The zero-order valence-electron chi connectivity index (χ0n) is 11.8. The SMILES string of the molecule is CC.Cc1cnc(N2CCN(CC(=O)O)CC2)nc1. The van der Waals surface area contributed by atoms with Crippen molar-refractivity contribution in [2.45, 2.75) is 20.8 Å². The maximum absolute atomic E-state index is 10.6. The van der Waals surface area contributed by atoms with Gasteiger partial charge in [-0.15, -0.1) is 0 Å². The summed E-state index contributed by atoms with van der Waals surface area (Å²) >= 11 is 0. The first kappa shape index (κ1) is 15.4. The lowest BCUT2D eigenvalue weighted by Gasteiger charge is -2.33. The van der Waals surface area contributed by atoms with Crippen molar-refractivity contribution in [1.82, 2.24) is 14.9 Å². The van der Waals surface area contributed by atoms with E-state index in [-0.39, 0.29) is 6.54 Å². The first-order valence-electron chi connectivity index (χ1n) is 6.63. The minimum Gasteiger partial charge on any atom is -0.480 e. The molecule has 6 nitrogen and oxygen atoms in total. The molecule has 1 aromatic rings. The molecule has 106 valence electrons. The molecule has 0 bridgehead atoms. The maximum Gasteiger partial charge on any atom is 0.317 e. The minimum atomic E-state index is -0.773. The van der Waals surface area contributed by atoms with Gasteiger partial charge in [0.15, 0.2) is 0 Å². The van der Waals surface area contributed by atoms with Crippen LogP contribution in [-0.4, -0.2) is 58.7 Å². The summed E-state index contributed by atoms with van der Waals surface area (Å²) in [4.78, 5) is 23.1. The standard InChI is InChI=1S/C11H16N4O2.C2H6/c1-9-6-12-11(13-7-9)15-4-2-14(3-5-15)8-10(16)17;1-2/h6-7H,2-5,8H2,1H3,(H,16,17);1-2H3. The van der Waals surface area contributed by atoms with Gasteiger partial charge in [-0.3, -0.25) is 9.69 Å². The summed E-state index contributed by atoms with van der Waals surface area (Å²) in [7, 11) is 0. The Bertz CT molecular complexity index is 386. The Morgan fingerprint density at radius 1 is 1.21 bits per heavy atom. The van der Waals surface area contributed by atoms with Crippen LogP contribution in [0.25, 0.3) is 0 Å². The summed E-state index contributed by atoms with van der Waals surface area (Å²) in [5.74, 6) is -0.0457. The van der Waals surface area contributed by atoms with E-state index in [1.807, 2.05) is 25.7 Å².